The highest BCUT2D eigenvalue weighted by atomic mass is 16.5. The van der Waals surface area contributed by atoms with Gasteiger partial charge >= 0.3 is 11.8 Å². The van der Waals surface area contributed by atoms with Crippen molar-refractivity contribution >= 4 is 23.5 Å². The molecule has 3 rings (SSSR count). The number of ether oxygens (including phenoxy) is 1. The molecule has 0 saturated carbocycles. The monoisotopic (exact) mass is 372 g/mol. The van der Waals surface area contributed by atoms with Crippen LogP contribution in [0.15, 0.2) is 40.9 Å². The molecule has 2 aromatic rings. The average Bonchev–Trinajstić information content (AvgIpc) is 3.11. The first-order chi connectivity index (χ1) is 13.0. The van der Waals surface area contributed by atoms with E-state index in [0.29, 0.717) is 25.5 Å². The Morgan fingerprint density at radius 2 is 2.00 bits per heavy atom. The number of aromatic nitrogens is 1. The predicted molar refractivity (Wildman–Crippen MR) is 94.6 cm³/mol. The molecular formula is C18H20N4O5. The number of carbonyl (C=O) groups excluding carboxylic acids is 3. The van der Waals surface area contributed by atoms with Crippen molar-refractivity contribution in [1.82, 2.24) is 15.4 Å². The zero-order valence-corrected chi connectivity index (χ0v) is 14.8. The topological polar surface area (TPSA) is 114 Å². The molecule has 3 amide bonds. The third-order valence-corrected chi connectivity index (χ3v) is 4.07. The molecule has 0 spiro atoms. The molecular weight excluding hydrogens is 352 g/mol. The molecule has 9 nitrogen and oxygen atoms in total. The molecule has 9 heteroatoms. The van der Waals surface area contributed by atoms with Crippen LogP contribution in [0.2, 0.25) is 0 Å². The lowest BCUT2D eigenvalue weighted by atomic mass is 10.1. The van der Waals surface area contributed by atoms with Crippen molar-refractivity contribution in [3.8, 4) is 0 Å². The van der Waals surface area contributed by atoms with Crippen LogP contribution in [0.5, 0.6) is 0 Å². The maximum absolute atomic E-state index is 12.4. The van der Waals surface area contributed by atoms with Gasteiger partial charge in [-0.15, -0.1) is 0 Å². The Bertz CT molecular complexity index is 820. The Hall–Kier alpha value is -3.20. The molecule has 1 aliphatic rings. The largest absolute Gasteiger partial charge is 0.370 e. The van der Waals surface area contributed by atoms with Crippen LogP contribution in [0.4, 0.5) is 5.82 Å². The molecule has 1 aromatic heterocycles. The summed E-state index contributed by atoms with van der Waals surface area (Å²) in [4.78, 5) is 37.6. The van der Waals surface area contributed by atoms with E-state index in [1.54, 1.807) is 11.8 Å². The number of hydrogen-bond donors (Lipinski definition) is 2. The van der Waals surface area contributed by atoms with Gasteiger partial charge in [0.05, 0.1) is 19.7 Å². The third-order valence-electron chi connectivity index (χ3n) is 4.07. The number of anilines is 1. The fourth-order valence-corrected chi connectivity index (χ4v) is 2.69. The van der Waals surface area contributed by atoms with Gasteiger partial charge in [-0.1, -0.05) is 35.5 Å². The summed E-state index contributed by atoms with van der Waals surface area (Å²) in [5.41, 5.74) is 0.987. The molecule has 0 unspecified atom stereocenters. The number of hydrogen-bond acceptors (Lipinski definition) is 6. The van der Waals surface area contributed by atoms with Crippen LogP contribution >= 0.6 is 0 Å². The lowest BCUT2D eigenvalue weighted by Gasteiger charge is -2.33. The highest BCUT2D eigenvalue weighted by Crippen LogP contribution is 2.21. The Kier molecular flexibility index (Phi) is 5.82. The van der Waals surface area contributed by atoms with E-state index in [1.807, 2.05) is 30.3 Å². The number of aryl methyl sites for hydroxylation is 1. The molecule has 2 heterocycles. The Labute approximate surface area is 155 Å². The SMILES string of the molecule is Cc1cc(NC(=O)C(=O)NCC(=O)N2CCO[C@@H](c3ccccc3)C2)no1. The minimum Gasteiger partial charge on any atom is -0.370 e. The molecule has 0 radical (unpaired) electrons. The van der Waals surface area contributed by atoms with Gasteiger partial charge in [0.15, 0.2) is 5.82 Å². The molecule has 0 bridgehead atoms. The van der Waals surface area contributed by atoms with E-state index in [9.17, 15) is 14.4 Å². The summed E-state index contributed by atoms with van der Waals surface area (Å²) < 4.78 is 10.5. The summed E-state index contributed by atoms with van der Waals surface area (Å²) in [5.74, 6) is -1.48. The Balaban J connectivity index is 1.48. The van der Waals surface area contributed by atoms with Gasteiger partial charge in [0, 0.05) is 12.6 Å². The summed E-state index contributed by atoms with van der Waals surface area (Å²) in [7, 11) is 0. The van der Waals surface area contributed by atoms with Gasteiger partial charge in [-0.25, -0.2) is 0 Å². The molecule has 1 aromatic carbocycles. The van der Waals surface area contributed by atoms with Crippen LogP contribution < -0.4 is 10.6 Å². The summed E-state index contributed by atoms with van der Waals surface area (Å²) in [5, 5.41) is 8.18. The van der Waals surface area contributed by atoms with Gasteiger partial charge in [0.1, 0.15) is 11.9 Å². The van der Waals surface area contributed by atoms with Gasteiger partial charge < -0.3 is 19.5 Å². The average molecular weight is 372 g/mol. The summed E-state index contributed by atoms with van der Waals surface area (Å²) in [6.45, 7) is 2.62. The summed E-state index contributed by atoms with van der Waals surface area (Å²) in [6.07, 6.45) is -0.210. The third kappa shape index (κ3) is 4.91. The quantitative estimate of drug-likeness (QED) is 0.762. The minimum atomic E-state index is -0.920. The van der Waals surface area contributed by atoms with Crippen LogP contribution in [0.1, 0.15) is 17.4 Å². The van der Waals surface area contributed by atoms with Gasteiger partial charge in [-0.05, 0) is 12.5 Å². The predicted octanol–water partition coefficient (Wildman–Crippen LogP) is 0.638. The van der Waals surface area contributed by atoms with E-state index in [0.717, 1.165) is 5.56 Å². The summed E-state index contributed by atoms with van der Waals surface area (Å²) in [6, 6.07) is 11.1. The van der Waals surface area contributed by atoms with Crippen molar-refractivity contribution in [3.05, 3.63) is 47.7 Å². The van der Waals surface area contributed by atoms with Gasteiger partial charge in [0.25, 0.3) is 0 Å². The Morgan fingerprint density at radius 1 is 1.22 bits per heavy atom. The molecule has 0 aliphatic carbocycles. The number of amides is 3. The van der Waals surface area contributed by atoms with E-state index in [4.69, 9.17) is 9.26 Å². The van der Waals surface area contributed by atoms with E-state index in [2.05, 4.69) is 15.8 Å². The fourth-order valence-electron chi connectivity index (χ4n) is 2.69. The normalized spacial score (nSPS) is 16.6. The van der Waals surface area contributed by atoms with E-state index in [-0.39, 0.29) is 24.4 Å². The second kappa shape index (κ2) is 8.45. The highest BCUT2D eigenvalue weighted by molar-refractivity contribution is 6.39. The van der Waals surface area contributed by atoms with Crippen LogP contribution in [0.25, 0.3) is 0 Å². The highest BCUT2D eigenvalue weighted by Gasteiger charge is 2.26. The van der Waals surface area contributed by atoms with Crippen LogP contribution in [0, 0.1) is 6.92 Å². The zero-order valence-electron chi connectivity index (χ0n) is 14.8. The smallest absolute Gasteiger partial charge is 0.314 e. The van der Waals surface area contributed by atoms with E-state index < -0.39 is 11.8 Å². The number of morpholine rings is 1. The minimum absolute atomic E-state index is 0.137. The van der Waals surface area contributed by atoms with Crippen molar-refractivity contribution in [2.45, 2.75) is 13.0 Å². The molecule has 2 N–H and O–H groups in total. The lowest BCUT2D eigenvalue weighted by Crippen LogP contribution is -2.48. The number of nitrogens with one attached hydrogen (secondary N) is 2. The first-order valence-corrected chi connectivity index (χ1v) is 8.50. The second-order valence-corrected chi connectivity index (χ2v) is 6.07. The standard InChI is InChI=1S/C18H20N4O5/c1-12-9-15(21-27-12)20-18(25)17(24)19-10-16(23)22-7-8-26-14(11-22)13-5-3-2-4-6-13/h2-6,9,14H,7-8,10-11H2,1H3,(H,19,24)(H,20,21,25)/t14-/m1/s1. The van der Waals surface area contributed by atoms with Crippen molar-refractivity contribution in [2.75, 3.05) is 31.6 Å². The molecule has 1 aliphatic heterocycles. The summed E-state index contributed by atoms with van der Waals surface area (Å²) >= 11 is 0. The fraction of sp³-hybridized carbons (Fsp3) is 0.333. The molecule has 142 valence electrons. The van der Waals surface area contributed by atoms with Crippen LogP contribution in [0.3, 0.4) is 0 Å². The molecule has 27 heavy (non-hydrogen) atoms. The number of nitrogens with zero attached hydrogens (tertiary/aromatic N) is 2. The zero-order chi connectivity index (χ0) is 19.2. The molecule has 1 fully saturated rings. The van der Waals surface area contributed by atoms with Gasteiger partial charge in [-0.3, -0.25) is 19.7 Å². The van der Waals surface area contributed by atoms with Crippen molar-refractivity contribution in [1.29, 1.82) is 0 Å². The van der Waals surface area contributed by atoms with Gasteiger partial charge in [-0.2, -0.15) is 0 Å². The van der Waals surface area contributed by atoms with Crippen molar-refractivity contribution in [2.24, 2.45) is 0 Å². The maximum Gasteiger partial charge on any atom is 0.314 e. The van der Waals surface area contributed by atoms with E-state index >= 15 is 0 Å². The van der Waals surface area contributed by atoms with E-state index in [1.165, 1.54) is 6.07 Å². The molecule has 1 atom stereocenters. The first kappa shape index (κ1) is 18.6. The maximum atomic E-state index is 12.4. The van der Waals surface area contributed by atoms with Crippen LogP contribution in [-0.2, 0) is 19.1 Å². The van der Waals surface area contributed by atoms with Crippen molar-refractivity contribution < 1.29 is 23.6 Å². The first-order valence-electron chi connectivity index (χ1n) is 8.50. The number of rotatable bonds is 4. The van der Waals surface area contributed by atoms with Crippen molar-refractivity contribution in [3.63, 3.8) is 0 Å². The number of benzene rings is 1. The molecule has 1 saturated heterocycles. The Morgan fingerprint density at radius 3 is 2.70 bits per heavy atom. The van der Waals surface area contributed by atoms with Crippen LogP contribution in [-0.4, -0.2) is 54.0 Å². The second-order valence-electron chi connectivity index (χ2n) is 6.07. The van der Waals surface area contributed by atoms with Gasteiger partial charge in [0.2, 0.25) is 5.91 Å². The number of carbonyl (C=O) groups is 3. The lowest BCUT2D eigenvalue weighted by molar-refractivity contribution is -0.141.